The third kappa shape index (κ3) is 3.68. The molecule has 0 fully saturated rings. The number of carbonyl (C=O) groups excluding carboxylic acids is 1. The molecule has 0 saturated carbocycles. The zero-order valence-corrected chi connectivity index (χ0v) is 7.16. The highest BCUT2D eigenvalue weighted by Crippen LogP contribution is 1.95. The minimum Gasteiger partial charge on any atom is -0.323 e. The van der Waals surface area contributed by atoms with E-state index in [4.69, 9.17) is 0 Å². The molecule has 0 aromatic carbocycles. The van der Waals surface area contributed by atoms with Gasteiger partial charge in [0.15, 0.2) is 0 Å². The van der Waals surface area contributed by atoms with Gasteiger partial charge in [0.1, 0.15) is 0 Å². The molecule has 0 aliphatic carbocycles. The first-order chi connectivity index (χ1) is 5.11. The lowest BCUT2D eigenvalue weighted by molar-refractivity contribution is -0.116. The molecule has 0 radical (unpaired) electrons. The largest absolute Gasteiger partial charge is 0.323 e. The Kier molecular flexibility index (Phi) is 4.38. The first-order valence-electron chi connectivity index (χ1n) is 3.03. The molecule has 0 aliphatic heterocycles. The van der Waals surface area contributed by atoms with Gasteiger partial charge in [-0.05, 0) is 6.08 Å². The Hall–Kier alpha value is -0.960. The Morgan fingerprint density at radius 3 is 2.45 bits per heavy atom. The number of thiol groups is 1. The Bertz CT molecular complexity index is 208. The van der Waals surface area contributed by atoms with Crippen LogP contribution in [0.5, 0.6) is 0 Å². The normalized spacial score (nSPS) is 8.45. The van der Waals surface area contributed by atoms with E-state index in [0.717, 1.165) is 0 Å². The van der Waals surface area contributed by atoms with Crippen LogP contribution in [0.4, 0.5) is 0 Å². The zero-order valence-electron chi connectivity index (χ0n) is 6.26. The summed E-state index contributed by atoms with van der Waals surface area (Å²) in [4.78, 5) is 11.0. The quantitative estimate of drug-likeness (QED) is 0.370. The molecular formula is C8H11NOS. The lowest BCUT2D eigenvalue weighted by Gasteiger charge is -2.03. The molecule has 0 aromatic heterocycles. The van der Waals surface area contributed by atoms with Crippen LogP contribution in [0.3, 0.4) is 0 Å². The van der Waals surface area contributed by atoms with Crippen LogP contribution in [0, 0.1) is 0 Å². The van der Waals surface area contributed by atoms with E-state index in [0.29, 0.717) is 17.0 Å². The second-order valence-electron chi connectivity index (χ2n) is 1.95. The molecule has 1 N–H and O–H groups in total. The standard InChI is InChI=1S/C8H11NOS/c1-4-7(3)9-8(10)6(2)5-11/h4,11H,1-3,5H2,(H,9,10). The van der Waals surface area contributed by atoms with Crippen molar-refractivity contribution in [1.82, 2.24) is 5.32 Å². The Balaban J connectivity index is 3.97. The maximum atomic E-state index is 11.0. The lowest BCUT2D eigenvalue weighted by atomic mass is 10.3. The molecular weight excluding hydrogens is 158 g/mol. The van der Waals surface area contributed by atoms with Crippen molar-refractivity contribution in [2.24, 2.45) is 0 Å². The fourth-order valence-corrected chi connectivity index (χ4v) is 0.501. The van der Waals surface area contributed by atoms with Crippen molar-refractivity contribution in [3.63, 3.8) is 0 Å². The highest BCUT2D eigenvalue weighted by Gasteiger charge is 2.03. The average molecular weight is 169 g/mol. The van der Waals surface area contributed by atoms with E-state index in [2.05, 4.69) is 37.7 Å². The van der Waals surface area contributed by atoms with Gasteiger partial charge in [-0.15, -0.1) is 0 Å². The van der Waals surface area contributed by atoms with E-state index in [1.165, 1.54) is 6.08 Å². The summed E-state index contributed by atoms with van der Waals surface area (Å²) in [6.07, 6.45) is 1.46. The highest BCUT2D eigenvalue weighted by molar-refractivity contribution is 7.80. The summed E-state index contributed by atoms with van der Waals surface area (Å²) in [5.74, 6) is 0.0842. The molecule has 0 aliphatic rings. The summed E-state index contributed by atoms with van der Waals surface area (Å²) in [5, 5.41) is 2.48. The minimum atomic E-state index is -0.259. The van der Waals surface area contributed by atoms with Gasteiger partial charge in [0, 0.05) is 17.0 Å². The van der Waals surface area contributed by atoms with Crippen molar-refractivity contribution in [3.8, 4) is 0 Å². The second kappa shape index (κ2) is 4.79. The fraction of sp³-hybridized carbons (Fsp3) is 0.125. The van der Waals surface area contributed by atoms with Crippen LogP contribution in [0.25, 0.3) is 0 Å². The lowest BCUT2D eigenvalue weighted by Crippen LogP contribution is -2.23. The molecule has 0 unspecified atom stereocenters. The van der Waals surface area contributed by atoms with E-state index in [1.807, 2.05) is 0 Å². The molecule has 3 heteroatoms. The van der Waals surface area contributed by atoms with Gasteiger partial charge in [-0.25, -0.2) is 0 Å². The Labute approximate surface area is 72.1 Å². The highest BCUT2D eigenvalue weighted by atomic mass is 32.1. The monoisotopic (exact) mass is 169 g/mol. The third-order valence-corrected chi connectivity index (χ3v) is 1.41. The Morgan fingerprint density at radius 2 is 2.09 bits per heavy atom. The molecule has 60 valence electrons. The molecule has 0 rings (SSSR count). The molecule has 0 heterocycles. The second-order valence-corrected chi connectivity index (χ2v) is 2.26. The van der Waals surface area contributed by atoms with Gasteiger partial charge in [-0.2, -0.15) is 12.6 Å². The summed E-state index contributed by atoms with van der Waals surface area (Å²) >= 11 is 3.89. The number of amides is 1. The molecule has 11 heavy (non-hydrogen) atoms. The van der Waals surface area contributed by atoms with Crippen molar-refractivity contribution < 1.29 is 4.79 Å². The average Bonchev–Trinajstić information content (AvgIpc) is 2.02. The van der Waals surface area contributed by atoms with Gasteiger partial charge in [0.2, 0.25) is 0 Å². The molecule has 0 atom stereocenters. The number of hydrogen-bond donors (Lipinski definition) is 2. The first kappa shape index (κ1) is 10.0. The van der Waals surface area contributed by atoms with Gasteiger partial charge in [0.05, 0.1) is 0 Å². The number of rotatable bonds is 4. The molecule has 1 amide bonds. The van der Waals surface area contributed by atoms with Crippen LogP contribution < -0.4 is 5.32 Å². The number of allylic oxidation sites excluding steroid dienone is 1. The molecule has 0 bridgehead atoms. The van der Waals surface area contributed by atoms with Crippen molar-refractivity contribution >= 4 is 18.5 Å². The summed E-state index contributed by atoms with van der Waals surface area (Å²) in [6.45, 7) is 10.4. The van der Waals surface area contributed by atoms with Crippen molar-refractivity contribution in [2.75, 3.05) is 5.75 Å². The molecule has 0 spiro atoms. The minimum absolute atomic E-state index is 0.259. The molecule has 0 saturated heterocycles. The van der Waals surface area contributed by atoms with Crippen LogP contribution in [0.1, 0.15) is 0 Å². The SMILES string of the molecule is C=CC(=C)NC(=O)C(=C)CS. The summed E-state index contributed by atoms with van der Waals surface area (Å²) in [5.41, 5.74) is 0.884. The number of hydrogen-bond acceptors (Lipinski definition) is 2. The van der Waals surface area contributed by atoms with Gasteiger partial charge >= 0.3 is 0 Å². The van der Waals surface area contributed by atoms with Gasteiger partial charge in [-0.1, -0.05) is 19.7 Å². The van der Waals surface area contributed by atoms with Gasteiger partial charge < -0.3 is 5.32 Å². The van der Waals surface area contributed by atoms with Crippen molar-refractivity contribution in [2.45, 2.75) is 0 Å². The topological polar surface area (TPSA) is 29.1 Å². The predicted octanol–water partition coefficient (Wildman–Crippen LogP) is 1.29. The molecule has 2 nitrogen and oxygen atoms in total. The molecule has 0 aromatic rings. The van der Waals surface area contributed by atoms with Crippen molar-refractivity contribution in [1.29, 1.82) is 0 Å². The maximum Gasteiger partial charge on any atom is 0.251 e. The third-order valence-electron chi connectivity index (χ3n) is 1.03. The smallest absolute Gasteiger partial charge is 0.251 e. The zero-order chi connectivity index (χ0) is 8.85. The van der Waals surface area contributed by atoms with E-state index >= 15 is 0 Å². The van der Waals surface area contributed by atoms with E-state index in [9.17, 15) is 4.79 Å². The van der Waals surface area contributed by atoms with Crippen LogP contribution >= 0.6 is 12.6 Å². The number of nitrogens with one attached hydrogen (secondary N) is 1. The van der Waals surface area contributed by atoms with Crippen molar-refractivity contribution in [3.05, 3.63) is 37.1 Å². The predicted molar refractivity (Wildman–Crippen MR) is 50.5 cm³/mol. The van der Waals surface area contributed by atoms with E-state index < -0.39 is 0 Å². The summed E-state index contributed by atoms with van der Waals surface area (Å²) in [6, 6.07) is 0. The number of carbonyl (C=O) groups is 1. The Morgan fingerprint density at radius 1 is 1.55 bits per heavy atom. The van der Waals surface area contributed by atoms with Crippen LogP contribution in [-0.2, 0) is 4.79 Å². The van der Waals surface area contributed by atoms with Gasteiger partial charge in [-0.3, -0.25) is 4.79 Å². The summed E-state index contributed by atoms with van der Waals surface area (Å²) in [7, 11) is 0. The maximum absolute atomic E-state index is 11.0. The van der Waals surface area contributed by atoms with Crippen LogP contribution in [-0.4, -0.2) is 11.7 Å². The van der Waals surface area contributed by atoms with E-state index in [-0.39, 0.29) is 5.91 Å². The van der Waals surface area contributed by atoms with Crippen LogP contribution in [0.15, 0.2) is 37.1 Å². The first-order valence-corrected chi connectivity index (χ1v) is 3.66. The summed E-state index contributed by atoms with van der Waals surface area (Å²) < 4.78 is 0. The van der Waals surface area contributed by atoms with E-state index in [1.54, 1.807) is 0 Å². The van der Waals surface area contributed by atoms with Gasteiger partial charge in [0.25, 0.3) is 5.91 Å². The van der Waals surface area contributed by atoms with Crippen LogP contribution in [0.2, 0.25) is 0 Å². The fourth-order valence-electron chi connectivity index (χ4n) is 0.357.